The highest BCUT2D eigenvalue weighted by Gasteiger charge is 2.36. The highest BCUT2D eigenvalue weighted by atomic mass is 19.1. The molecule has 0 saturated heterocycles. The summed E-state index contributed by atoms with van der Waals surface area (Å²) < 4.78 is 43.3. The first kappa shape index (κ1) is 19.1. The molecule has 2 aromatic carbocycles. The molecule has 0 aromatic heterocycles. The Morgan fingerprint density at radius 2 is 1.82 bits per heavy atom. The van der Waals surface area contributed by atoms with E-state index in [-0.39, 0.29) is 16.9 Å². The van der Waals surface area contributed by atoms with E-state index >= 15 is 4.39 Å². The van der Waals surface area contributed by atoms with Crippen LogP contribution in [0, 0.1) is 40.6 Å². The van der Waals surface area contributed by atoms with Gasteiger partial charge in [-0.15, -0.1) is 0 Å². The maximum absolute atomic E-state index is 15.3. The fourth-order valence-electron chi connectivity index (χ4n) is 5.39. The third-order valence-electron chi connectivity index (χ3n) is 6.70. The molecule has 0 N–H and O–H groups in total. The van der Waals surface area contributed by atoms with E-state index in [0.29, 0.717) is 23.8 Å². The normalized spacial score (nSPS) is 23.6. The van der Waals surface area contributed by atoms with Gasteiger partial charge >= 0.3 is 0 Å². The Balaban J connectivity index is 1.68. The molecule has 1 nitrogen and oxygen atoms in total. The SMILES string of the molecule is CCC[C@@H]1CC[C@@H]2c3ccc(-c4cc(F)c(C#N)c(F)c4)c(F)c3CC[C@H]2C1. The lowest BCUT2D eigenvalue weighted by Gasteiger charge is -2.41. The number of nitriles is 1. The summed E-state index contributed by atoms with van der Waals surface area (Å²) in [4.78, 5) is 0. The zero-order valence-corrected chi connectivity index (χ0v) is 16.1. The first-order chi connectivity index (χ1) is 13.5. The van der Waals surface area contributed by atoms with E-state index in [9.17, 15) is 8.78 Å². The fourth-order valence-corrected chi connectivity index (χ4v) is 5.39. The highest BCUT2D eigenvalue weighted by molar-refractivity contribution is 5.67. The lowest BCUT2D eigenvalue weighted by Crippen LogP contribution is -2.28. The first-order valence-electron chi connectivity index (χ1n) is 10.2. The average molecular weight is 383 g/mol. The number of benzene rings is 2. The predicted molar refractivity (Wildman–Crippen MR) is 103 cm³/mol. The summed E-state index contributed by atoms with van der Waals surface area (Å²) in [6.45, 7) is 2.23. The van der Waals surface area contributed by atoms with Crippen LogP contribution >= 0.6 is 0 Å². The Morgan fingerprint density at radius 3 is 2.50 bits per heavy atom. The van der Waals surface area contributed by atoms with E-state index in [1.54, 1.807) is 6.07 Å². The van der Waals surface area contributed by atoms with E-state index in [4.69, 9.17) is 5.26 Å². The topological polar surface area (TPSA) is 23.8 Å². The van der Waals surface area contributed by atoms with Crippen molar-refractivity contribution >= 4 is 0 Å². The van der Waals surface area contributed by atoms with Crippen LogP contribution in [-0.2, 0) is 6.42 Å². The summed E-state index contributed by atoms with van der Waals surface area (Å²) in [6, 6.07) is 7.21. The van der Waals surface area contributed by atoms with Crippen molar-refractivity contribution < 1.29 is 13.2 Å². The Morgan fingerprint density at radius 1 is 1.07 bits per heavy atom. The molecule has 0 heterocycles. The predicted octanol–water partition coefficient (Wildman–Crippen LogP) is 6.89. The molecule has 4 rings (SSSR count). The van der Waals surface area contributed by atoms with Gasteiger partial charge in [-0.05, 0) is 78.7 Å². The molecule has 2 aliphatic carbocycles. The molecule has 0 spiro atoms. The van der Waals surface area contributed by atoms with Gasteiger partial charge in [-0.25, -0.2) is 13.2 Å². The van der Waals surface area contributed by atoms with Gasteiger partial charge in [0.1, 0.15) is 29.1 Å². The van der Waals surface area contributed by atoms with Crippen LogP contribution in [0.15, 0.2) is 24.3 Å². The van der Waals surface area contributed by atoms with Gasteiger partial charge in [0.05, 0.1) is 0 Å². The lowest BCUT2D eigenvalue weighted by molar-refractivity contribution is 0.200. The van der Waals surface area contributed by atoms with Gasteiger partial charge in [0, 0.05) is 5.56 Å². The molecular weight excluding hydrogens is 359 g/mol. The Hall–Kier alpha value is -2.28. The molecule has 0 amide bonds. The summed E-state index contributed by atoms with van der Waals surface area (Å²) >= 11 is 0. The second kappa shape index (κ2) is 7.62. The standard InChI is InChI=1S/C24H24F3N/c1-2-3-14-4-6-17-15(10-14)5-7-20-19(17)9-8-18(24(20)27)16-11-22(25)21(13-28)23(26)12-16/h8-9,11-12,14-15,17H,2-7,10H2,1H3/t14-,15+,17+/m1/s1. The third-order valence-corrected chi connectivity index (χ3v) is 6.70. The molecule has 2 aliphatic rings. The Bertz CT molecular complexity index is 921. The molecule has 0 aliphatic heterocycles. The van der Waals surface area contributed by atoms with Crippen molar-refractivity contribution in [2.24, 2.45) is 11.8 Å². The van der Waals surface area contributed by atoms with Crippen molar-refractivity contribution in [2.45, 2.75) is 57.8 Å². The van der Waals surface area contributed by atoms with Crippen molar-refractivity contribution in [3.05, 3.63) is 58.4 Å². The van der Waals surface area contributed by atoms with Crippen molar-refractivity contribution in [1.82, 2.24) is 0 Å². The monoisotopic (exact) mass is 383 g/mol. The zero-order valence-electron chi connectivity index (χ0n) is 16.1. The van der Waals surface area contributed by atoms with E-state index in [2.05, 4.69) is 6.92 Å². The van der Waals surface area contributed by atoms with Gasteiger partial charge in [-0.1, -0.05) is 31.9 Å². The number of halogens is 3. The summed E-state index contributed by atoms with van der Waals surface area (Å²) in [5.74, 6) is -0.466. The van der Waals surface area contributed by atoms with Gasteiger partial charge in [0.15, 0.2) is 0 Å². The van der Waals surface area contributed by atoms with Crippen LogP contribution in [0.5, 0.6) is 0 Å². The van der Waals surface area contributed by atoms with Crippen LogP contribution < -0.4 is 0 Å². The van der Waals surface area contributed by atoms with Crippen LogP contribution in [0.2, 0.25) is 0 Å². The summed E-state index contributed by atoms with van der Waals surface area (Å²) in [5, 5.41) is 8.83. The molecule has 1 saturated carbocycles. The number of nitrogens with zero attached hydrogens (tertiary/aromatic N) is 1. The molecule has 1 fully saturated rings. The molecule has 146 valence electrons. The smallest absolute Gasteiger partial charge is 0.144 e. The molecule has 0 radical (unpaired) electrons. The van der Waals surface area contributed by atoms with Crippen molar-refractivity contribution in [3.63, 3.8) is 0 Å². The lowest BCUT2D eigenvalue weighted by atomic mass is 9.64. The maximum atomic E-state index is 15.3. The molecule has 0 bridgehead atoms. The van der Waals surface area contributed by atoms with Gasteiger partial charge in [-0.2, -0.15) is 5.26 Å². The number of rotatable bonds is 3. The fraction of sp³-hybridized carbons (Fsp3) is 0.458. The summed E-state index contributed by atoms with van der Waals surface area (Å²) in [5.41, 5.74) is 1.51. The minimum atomic E-state index is -0.955. The van der Waals surface area contributed by atoms with Crippen LogP contribution in [0.1, 0.15) is 68.1 Å². The Kier molecular flexibility index (Phi) is 5.19. The van der Waals surface area contributed by atoms with Crippen LogP contribution in [0.25, 0.3) is 11.1 Å². The van der Waals surface area contributed by atoms with E-state index < -0.39 is 17.2 Å². The highest BCUT2D eigenvalue weighted by Crippen LogP contribution is 2.49. The van der Waals surface area contributed by atoms with Crippen LogP contribution in [0.3, 0.4) is 0 Å². The molecular formula is C24H24F3N. The zero-order chi connectivity index (χ0) is 19.8. The van der Waals surface area contributed by atoms with Crippen LogP contribution in [-0.4, -0.2) is 0 Å². The average Bonchev–Trinajstić information content (AvgIpc) is 2.68. The quantitative estimate of drug-likeness (QED) is 0.566. The summed E-state index contributed by atoms with van der Waals surface area (Å²) in [7, 11) is 0. The van der Waals surface area contributed by atoms with Crippen molar-refractivity contribution in [2.75, 3.05) is 0 Å². The van der Waals surface area contributed by atoms with Gasteiger partial charge in [0.25, 0.3) is 0 Å². The second-order valence-corrected chi connectivity index (χ2v) is 8.29. The number of hydrogen-bond acceptors (Lipinski definition) is 1. The molecule has 0 unspecified atom stereocenters. The van der Waals surface area contributed by atoms with Gasteiger partial charge < -0.3 is 0 Å². The van der Waals surface area contributed by atoms with Crippen molar-refractivity contribution in [3.8, 4) is 17.2 Å². The van der Waals surface area contributed by atoms with Crippen LogP contribution in [0.4, 0.5) is 13.2 Å². The van der Waals surface area contributed by atoms with E-state index in [1.165, 1.54) is 31.8 Å². The van der Waals surface area contributed by atoms with Gasteiger partial charge in [0.2, 0.25) is 0 Å². The third kappa shape index (κ3) is 3.21. The maximum Gasteiger partial charge on any atom is 0.144 e. The number of fused-ring (bicyclic) bond motifs is 3. The molecule has 28 heavy (non-hydrogen) atoms. The Labute approximate surface area is 164 Å². The molecule has 2 aromatic rings. The van der Waals surface area contributed by atoms with E-state index in [1.807, 2.05) is 6.07 Å². The first-order valence-corrected chi connectivity index (χ1v) is 10.2. The van der Waals surface area contributed by atoms with E-state index in [0.717, 1.165) is 36.5 Å². The van der Waals surface area contributed by atoms with Crippen molar-refractivity contribution in [1.29, 1.82) is 5.26 Å². The van der Waals surface area contributed by atoms with Gasteiger partial charge in [-0.3, -0.25) is 0 Å². The molecule has 4 heteroatoms. The minimum Gasteiger partial charge on any atom is -0.206 e. The summed E-state index contributed by atoms with van der Waals surface area (Å²) in [6.07, 6.45) is 7.68. The largest absolute Gasteiger partial charge is 0.206 e. The molecule has 3 atom stereocenters. The number of hydrogen-bond donors (Lipinski definition) is 0. The second-order valence-electron chi connectivity index (χ2n) is 8.29. The minimum absolute atomic E-state index is 0.142.